The fourth-order valence-corrected chi connectivity index (χ4v) is 3.32. The Labute approximate surface area is 134 Å². The summed E-state index contributed by atoms with van der Waals surface area (Å²) < 4.78 is 7.49. The molecule has 0 aliphatic carbocycles. The van der Waals surface area contributed by atoms with Gasteiger partial charge in [0.2, 0.25) is 0 Å². The number of hydrogen-bond donors (Lipinski definition) is 1. The maximum absolute atomic E-state index is 12.7. The minimum absolute atomic E-state index is 0.265. The fraction of sp³-hybridized carbons (Fsp3) is 0.211. The molecule has 4 heteroatoms. The molecule has 1 aliphatic heterocycles. The number of carbonyl (C=O) groups is 1. The molecule has 1 aromatic heterocycles. The highest BCUT2D eigenvalue weighted by molar-refractivity contribution is 5.94. The molecule has 4 nitrogen and oxygen atoms in total. The van der Waals surface area contributed by atoms with Crippen molar-refractivity contribution in [1.82, 2.24) is 4.57 Å². The first-order chi connectivity index (χ1) is 11.1. The molecular formula is C19H18N2O2. The van der Waals surface area contributed by atoms with Crippen LogP contribution in [0.2, 0.25) is 0 Å². The molecule has 116 valence electrons. The molecule has 1 atom stereocenters. The Morgan fingerprint density at radius 3 is 2.74 bits per heavy atom. The fourth-order valence-electron chi connectivity index (χ4n) is 3.32. The van der Waals surface area contributed by atoms with Gasteiger partial charge in [-0.2, -0.15) is 0 Å². The third-order valence-corrected chi connectivity index (χ3v) is 4.44. The van der Waals surface area contributed by atoms with Gasteiger partial charge in [-0.1, -0.05) is 30.3 Å². The molecule has 0 spiro atoms. The number of para-hydroxylation sites is 3. The van der Waals surface area contributed by atoms with Crippen LogP contribution in [0.5, 0.6) is 0 Å². The molecule has 4 rings (SSSR count). The average Bonchev–Trinajstić information content (AvgIpc) is 2.96. The number of rotatable bonds is 2. The number of hydrogen-bond acceptors (Lipinski definition) is 3. The zero-order chi connectivity index (χ0) is 16.0. The first-order valence-corrected chi connectivity index (χ1v) is 7.81. The van der Waals surface area contributed by atoms with Crippen LogP contribution in [0.3, 0.4) is 0 Å². The zero-order valence-corrected chi connectivity index (χ0v) is 13.2. The second kappa shape index (κ2) is 4.88. The number of benzene rings is 2. The highest BCUT2D eigenvalue weighted by atomic mass is 16.5. The zero-order valence-electron chi connectivity index (χ0n) is 13.2. The van der Waals surface area contributed by atoms with Crippen LogP contribution in [-0.2, 0) is 15.1 Å². The summed E-state index contributed by atoms with van der Waals surface area (Å²) in [7, 11) is 0. The molecule has 0 amide bonds. The molecule has 3 aromatic rings. The molecule has 0 bridgehead atoms. The number of esters is 1. The van der Waals surface area contributed by atoms with Crippen LogP contribution in [0.1, 0.15) is 19.5 Å². The van der Waals surface area contributed by atoms with Crippen molar-refractivity contribution in [2.45, 2.75) is 19.4 Å². The number of carbonyl (C=O) groups excluding carboxylic acids is 1. The first kappa shape index (κ1) is 13.9. The second-order valence-electron chi connectivity index (χ2n) is 5.91. The Bertz CT molecular complexity index is 913. The lowest BCUT2D eigenvalue weighted by molar-refractivity contribution is -0.148. The number of nitrogens with zero attached hydrogens (tertiary/aromatic N) is 1. The monoisotopic (exact) mass is 306 g/mol. The summed E-state index contributed by atoms with van der Waals surface area (Å²) in [4.78, 5) is 12.7. The summed E-state index contributed by atoms with van der Waals surface area (Å²) in [6.07, 6.45) is 0. The molecule has 0 radical (unpaired) electrons. The molecule has 1 aliphatic rings. The van der Waals surface area contributed by atoms with Gasteiger partial charge in [-0.25, -0.2) is 4.79 Å². The lowest BCUT2D eigenvalue weighted by atomic mass is 9.94. The van der Waals surface area contributed by atoms with E-state index in [2.05, 4.69) is 34.1 Å². The van der Waals surface area contributed by atoms with Crippen molar-refractivity contribution in [3.8, 4) is 5.69 Å². The second-order valence-corrected chi connectivity index (χ2v) is 5.91. The Hall–Kier alpha value is -2.75. The van der Waals surface area contributed by atoms with Gasteiger partial charge in [-0.05, 0) is 38.1 Å². The lowest BCUT2D eigenvalue weighted by Gasteiger charge is -2.36. The van der Waals surface area contributed by atoms with Crippen molar-refractivity contribution in [2.75, 3.05) is 11.9 Å². The van der Waals surface area contributed by atoms with E-state index in [-0.39, 0.29) is 5.97 Å². The van der Waals surface area contributed by atoms with Gasteiger partial charge in [0.05, 0.1) is 29.2 Å². The predicted molar refractivity (Wildman–Crippen MR) is 90.9 cm³/mol. The maximum Gasteiger partial charge on any atom is 0.337 e. The van der Waals surface area contributed by atoms with E-state index in [0.717, 1.165) is 28.0 Å². The number of nitrogens with one attached hydrogen (secondary N) is 1. The van der Waals surface area contributed by atoms with Crippen LogP contribution < -0.4 is 5.32 Å². The summed E-state index contributed by atoms with van der Waals surface area (Å²) in [5.41, 5.74) is 3.05. The van der Waals surface area contributed by atoms with E-state index in [0.29, 0.717) is 6.61 Å². The van der Waals surface area contributed by atoms with Crippen molar-refractivity contribution in [2.24, 2.45) is 0 Å². The largest absolute Gasteiger partial charge is 0.464 e. The first-order valence-electron chi connectivity index (χ1n) is 7.81. The third kappa shape index (κ3) is 1.88. The Kier molecular flexibility index (Phi) is 2.94. The normalized spacial score (nSPS) is 18.9. The van der Waals surface area contributed by atoms with Crippen molar-refractivity contribution >= 4 is 22.6 Å². The van der Waals surface area contributed by atoms with Gasteiger partial charge in [0, 0.05) is 5.39 Å². The van der Waals surface area contributed by atoms with Gasteiger partial charge >= 0.3 is 5.97 Å². The van der Waals surface area contributed by atoms with Gasteiger partial charge in [-0.3, -0.25) is 0 Å². The molecule has 0 fully saturated rings. The summed E-state index contributed by atoms with van der Waals surface area (Å²) in [6.45, 7) is 4.07. The number of ether oxygens (including phenoxy) is 1. The summed E-state index contributed by atoms with van der Waals surface area (Å²) in [6, 6.07) is 18.3. The van der Waals surface area contributed by atoms with Crippen molar-refractivity contribution in [1.29, 1.82) is 0 Å². The summed E-state index contributed by atoms with van der Waals surface area (Å²) >= 11 is 0. The average molecular weight is 306 g/mol. The van der Waals surface area contributed by atoms with Crippen LogP contribution >= 0.6 is 0 Å². The van der Waals surface area contributed by atoms with Crippen LogP contribution in [0.15, 0.2) is 54.6 Å². The molecule has 0 saturated carbocycles. The minimum atomic E-state index is -0.913. The van der Waals surface area contributed by atoms with Crippen molar-refractivity contribution < 1.29 is 9.53 Å². The Balaban J connectivity index is 2.05. The van der Waals surface area contributed by atoms with E-state index in [9.17, 15) is 4.79 Å². The minimum Gasteiger partial charge on any atom is -0.464 e. The van der Waals surface area contributed by atoms with E-state index in [4.69, 9.17) is 4.74 Å². The highest BCUT2D eigenvalue weighted by Crippen LogP contribution is 2.41. The Morgan fingerprint density at radius 1 is 1.17 bits per heavy atom. The summed E-state index contributed by atoms with van der Waals surface area (Å²) in [5.74, 6) is -0.265. The van der Waals surface area contributed by atoms with E-state index in [1.165, 1.54) is 0 Å². The third-order valence-electron chi connectivity index (χ3n) is 4.44. The highest BCUT2D eigenvalue weighted by Gasteiger charge is 2.43. The molecule has 23 heavy (non-hydrogen) atoms. The van der Waals surface area contributed by atoms with Gasteiger partial charge < -0.3 is 14.6 Å². The molecule has 2 heterocycles. The molecule has 2 aromatic carbocycles. The van der Waals surface area contributed by atoms with Crippen LogP contribution in [0.4, 0.5) is 5.69 Å². The predicted octanol–water partition coefficient (Wildman–Crippen LogP) is 3.83. The van der Waals surface area contributed by atoms with E-state index in [1.54, 1.807) is 0 Å². The standard InChI is InChI=1S/C19H18N2O2/c1-3-23-18(22)19(2)17-12-13-8-4-6-10-15(13)21(17)16-11-7-5-9-14(16)20-19/h4-12,20H,3H2,1-2H3/t19-/m0/s1. The topological polar surface area (TPSA) is 43.3 Å². The quantitative estimate of drug-likeness (QED) is 0.732. The number of fused-ring (bicyclic) bond motifs is 5. The van der Waals surface area contributed by atoms with E-state index < -0.39 is 5.54 Å². The van der Waals surface area contributed by atoms with Gasteiger partial charge in [0.25, 0.3) is 0 Å². The van der Waals surface area contributed by atoms with Crippen LogP contribution in [0.25, 0.3) is 16.6 Å². The maximum atomic E-state index is 12.7. The SMILES string of the molecule is CCOC(=O)[C@@]1(C)Nc2ccccc2-n2c1cc1ccccc12. The number of aromatic nitrogens is 1. The summed E-state index contributed by atoms with van der Waals surface area (Å²) in [5, 5.41) is 4.49. The molecular weight excluding hydrogens is 288 g/mol. The van der Waals surface area contributed by atoms with Gasteiger partial charge in [-0.15, -0.1) is 0 Å². The molecule has 0 unspecified atom stereocenters. The lowest BCUT2D eigenvalue weighted by Crippen LogP contribution is -2.45. The molecule has 0 saturated heterocycles. The van der Waals surface area contributed by atoms with Crippen LogP contribution in [-0.4, -0.2) is 17.1 Å². The van der Waals surface area contributed by atoms with E-state index in [1.807, 2.05) is 44.2 Å². The van der Waals surface area contributed by atoms with Gasteiger partial charge in [0.15, 0.2) is 5.54 Å². The van der Waals surface area contributed by atoms with Crippen molar-refractivity contribution in [3.63, 3.8) is 0 Å². The van der Waals surface area contributed by atoms with E-state index >= 15 is 0 Å². The number of anilines is 1. The van der Waals surface area contributed by atoms with Crippen molar-refractivity contribution in [3.05, 3.63) is 60.3 Å². The smallest absolute Gasteiger partial charge is 0.337 e. The van der Waals surface area contributed by atoms with Gasteiger partial charge in [0.1, 0.15) is 0 Å². The molecule has 1 N–H and O–H groups in total. The van der Waals surface area contributed by atoms with Crippen LogP contribution in [0, 0.1) is 0 Å². The Morgan fingerprint density at radius 2 is 1.91 bits per heavy atom.